The zero-order chi connectivity index (χ0) is 15.9. The average molecular weight is 305 g/mol. The summed E-state index contributed by atoms with van der Waals surface area (Å²) in [4.78, 5) is 25.7. The fourth-order valence-corrected chi connectivity index (χ4v) is 2.49. The minimum absolute atomic E-state index is 0.00782. The number of piperidine rings is 1. The molecule has 0 spiro atoms. The van der Waals surface area contributed by atoms with E-state index in [2.05, 4.69) is 22.1 Å². The van der Waals surface area contributed by atoms with E-state index in [-0.39, 0.29) is 17.9 Å². The summed E-state index contributed by atoms with van der Waals surface area (Å²) in [6, 6.07) is 3.59. The maximum Gasteiger partial charge on any atom is 0.287 e. The molecule has 0 atom stereocenters. The summed E-state index contributed by atoms with van der Waals surface area (Å²) in [5.41, 5.74) is 0. The maximum absolute atomic E-state index is 12.0. The van der Waals surface area contributed by atoms with Crippen LogP contribution in [-0.2, 0) is 4.79 Å². The van der Waals surface area contributed by atoms with Gasteiger partial charge in [-0.25, -0.2) is 0 Å². The monoisotopic (exact) mass is 305 g/mol. The Balaban J connectivity index is 1.72. The first-order valence-corrected chi connectivity index (χ1v) is 7.55. The van der Waals surface area contributed by atoms with E-state index in [0.29, 0.717) is 18.8 Å². The van der Waals surface area contributed by atoms with Crippen LogP contribution in [0.15, 0.2) is 29.2 Å². The third-order valence-electron chi connectivity index (χ3n) is 3.70. The van der Waals surface area contributed by atoms with Gasteiger partial charge < -0.3 is 15.1 Å². The lowest BCUT2D eigenvalue weighted by Gasteiger charge is -2.31. The molecule has 2 amide bonds. The summed E-state index contributed by atoms with van der Waals surface area (Å²) in [5, 5.41) is 5.75. The minimum atomic E-state index is -0.171. The summed E-state index contributed by atoms with van der Waals surface area (Å²) in [6.45, 7) is 7.86. The van der Waals surface area contributed by atoms with Crippen molar-refractivity contribution in [1.29, 1.82) is 0 Å². The third kappa shape index (κ3) is 4.73. The van der Waals surface area contributed by atoms with Gasteiger partial charge in [0.2, 0.25) is 5.91 Å². The Labute approximate surface area is 130 Å². The lowest BCUT2D eigenvalue weighted by atomic mass is 10.0. The molecule has 0 radical (unpaired) electrons. The molecule has 1 fully saturated rings. The summed E-state index contributed by atoms with van der Waals surface area (Å²) < 4.78 is 5.31. The van der Waals surface area contributed by atoms with Gasteiger partial charge in [-0.1, -0.05) is 6.08 Å². The molecule has 1 aliphatic heterocycles. The van der Waals surface area contributed by atoms with E-state index in [1.807, 2.05) is 6.92 Å². The Bertz CT molecular complexity index is 530. The number of aryl methyl sites for hydroxylation is 1. The molecule has 0 bridgehead atoms. The van der Waals surface area contributed by atoms with Crippen LogP contribution in [0.2, 0.25) is 0 Å². The molecule has 22 heavy (non-hydrogen) atoms. The normalized spacial score (nSPS) is 16.2. The highest BCUT2D eigenvalue weighted by atomic mass is 16.3. The van der Waals surface area contributed by atoms with Crippen LogP contribution in [0.3, 0.4) is 0 Å². The number of hydrogen-bond donors (Lipinski definition) is 2. The summed E-state index contributed by atoms with van der Waals surface area (Å²) in [5.74, 6) is 0.915. The van der Waals surface area contributed by atoms with Crippen molar-refractivity contribution in [3.05, 3.63) is 36.3 Å². The molecule has 6 nitrogen and oxygen atoms in total. The van der Waals surface area contributed by atoms with Crippen LogP contribution in [0, 0.1) is 6.92 Å². The second-order valence-corrected chi connectivity index (χ2v) is 5.53. The zero-order valence-corrected chi connectivity index (χ0v) is 12.9. The zero-order valence-electron chi connectivity index (χ0n) is 12.9. The Hall–Kier alpha value is -2.08. The van der Waals surface area contributed by atoms with E-state index in [0.717, 1.165) is 31.7 Å². The molecule has 120 valence electrons. The first-order chi connectivity index (χ1) is 10.6. The number of carbonyl (C=O) groups excluding carboxylic acids is 2. The fourth-order valence-electron chi connectivity index (χ4n) is 2.49. The first-order valence-electron chi connectivity index (χ1n) is 7.55. The number of amides is 2. The van der Waals surface area contributed by atoms with Gasteiger partial charge in [0.25, 0.3) is 5.91 Å². The molecule has 0 aromatic carbocycles. The predicted molar refractivity (Wildman–Crippen MR) is 83.6 cm³/mol. The van der Waals surface area contributed by atoms with Crippen LogP contribution in [0.4, 0.5) is 0 Å². The SMILES string of the molecule is C=CCNC(=O)CN1CCC(NC(=O)c2ccc(C)o2)CC1. The van der Waals surface area contributed by atoms with Crippen molar-refractivity contribution in [1.82, 2.24) is 15.5 Å². The minimum Gasteiger partial charge on any atom is -0.456 e. The van der Waals surface area contributed by atoms with Gasteiger partial charge in [-0.2, -0.15) is 0 Å². The Kier molecular flexibility index (Phi) is 5.77. The predicted octanol–water partition coefficient (Wildman–Crippen LogP) is 1.08. The highest BCUT2D eigenvalue weighted by molar-refractivity contribution is 5.91. The Morgan fingerprint density at radius 3 is 2.73 bits per heavy atom. The largest absolute Gasteiger partial charge is 0.456 e. The van der Waals surface area contributed by atoms with Gasteiger partial charge in [-0.3, -0.25) is 14.5 Å². The van der Waals surface area contributed by atoms with Gasteiger partial charge in [0.1, 0.15) is 5.76 Å². The Morgan fingerprint density at radius 2 is 2.14 bits per heavy atom. The van der Waals surface area contributed by atoms with Gasteiger partial charge in [0.05, 0.1) is 6.54 Å². The second-order valence-electron chi connectivity index (χ2n) is 5.53. The number of nitrogens with zero attached hydrogens (tertiary/aromatic N) is 1. The molecule has 2 rings (SSSR count). The number of carbonyl (C=O) groups is 2. The fraction of sp³-hybridized carbons (Fsp3) is 0.500. The van der Waals surface area contributed by atoms with Crippen molar-refractivity contribution in [2.75, 3.05) is 26.2 Å². The van der Waals surface area contributed by atoms with Crippen molar-refractivity contribution in [3.63, 3.8) is 0 Å². The van der Waals surface area contributed by atoms with Crippen LogP contribution in [0.25, 0.3) is 0 Å². The smallest absolute Gasteiger partial charge is 0.287 e. The van der Waals surface area contributed by atoms with Crippen molar-refractivity contribution in [2.45, 2.75) is 25.8 Å². The van der Waals surface area contributed by atoms with Gasteiger partial charge in [-0.05, 0) is 31.9 Å². The van der Waals surface area contributed by atoms with Gasteiger partial charge in [0, 0.05) is 25.7 Å². The standard InChI is InChI=1S/C16H23N3O3/c1-3-8-17-15(20)11-19-9-6-13(7-10-19)18-16(21)14-5-4-12(2)22-14/h3-5,13H,1,6-11H2,2H3,(H,17,20)(H,18,21). The van der Waals surface area contributed by atoms with E-state index in [4.69, 9.17) is 4.42 Å². The molecule has 6 heteroatoms. The second kappa shape index (κ2) is 7.79. The lowest BCUT2D eigenvalue weighted by molar-refractivity contribution is -0.122. The van der Waals surface area contributed by atoms with E-state index in [1.165, 1.54) is 0 Å². The highest BCUT2D eigenvalue weighted by Crippen LogP contribution is 2.12. The molecule has 0 unspecified atom stereocenters. The highest BCUT2D eigenvalue weighted by Gasteiger charge is 2.23. The van der Waals surface area contributed by atoms with Gasteiger partial charge in [-0.15, -0.1) is 6.58 Å². The lowest BCUT2D eigenvalue weighted by Crippen LogP contribution is -2.47. The van der Waals surface area contributed by atoms with E-state index in [1.54, 1.807) is 18.2 Å². The molecule has 1 aliphatic rings. The molecule has 0 aliphatic carbocycles. The third-order valence-corrected chi connectivity index (χ3v) is 3.70. The number of likely N-dealkylation sites (tertiary alicyclic amines) is 1. The molecule has 1 aromatic heterocycles. The van der Waals surface area contributed by atoms with E-state index in [9.17, 15) is 9.59 Å². The summed E-state index contributed by atoms with van der Waals surface area (Å²) in [7, 11) is 0. The molecule has 1 aromatic rings. The molecule has 1 saturated heterocycles. The van der Waals surface area contributed by atoms with Crippen molar-refractivity contribution < 1.29 is 14.0 Å². The molecule has 2 N–H and O–H groups in total. The van der Waals surface area contributed by atoms with Gasteiger partial charge in [0.15, 0.2) is 5.76 Å². The van der Waals surface area contributed by atoms with Crippen molar-refractivity contribution >= 4 is 11.8 Å². The van der Waals surface area contributed by atoms with Crippen LogP contribution in [-0.4, -0.2) is 48.9 Å². The Morgan fingerprint density at radius 1 is 1.41 bits per heavy atom. The summed E-state index contributed by atoms with van der Waals surface area (Å²) >= 11 is 0. The van der Waals surface area contributed by atoms with Crippen molar-refractivity contribution in [2.24, 2.45) is 0 Å². The van der Waals surface area contributed by atoms with Crippen molar-refractivity contribution in [3.8, 4) is 0 Å². The quantitative estimate of drug-likeness (QED) is 0.771. The number of furan rings is 1. The molecular weight excluding hydrogens is 282 g/mol. The number of hydrogen-bond acceptors (Lipinski definition) is 4. The maximum atomic E-state index is 12.0. The first kappa shape index (κ1) is 16.3. The van der Waals surface area contributed by atoms with Crippen LogP contribution < -0.4 is 10.6 Å². The van der Waals surface area contributed by atoms with Crippen LogP contribution in [0.1, 0.15) is 29.2 Å². The topological polar surface area (TPSA) is 74.6 Å². The summed E-state index contributed by atoms with van der Waals surface area (Å²) in [6.07, 6.45) is 3.33. The van der Waals surface area contributed by atoms with Gasteiger partial charge >= 0.3 is 0 Å². The van der Waals surface area contributed by atoms with E-state index < -0.39 is 0 Å². The van der Waals surface area contributed by atoms with E-state index >= 15 is 0 Å². The molecule has 2 heterocycles. The van der Waals surface area contributed by atoms with Crippen LogP contribution in [0.5, 0.6) is 0 Å². The average Bonchev–Trinajstić information content (AvgIpc) is 2.94. The molecular formula is C16H23N3O3. The molecule has 0 saturated carbocycles. The number of rotatable bonds is 6. The number of nitrogens with one attached hydrogen (secondary N) is 2. The van der Waals surface area contributed by atoms with Crippen LogP contribution >= 0.6 is 0 Å².